The average molecular weight is 271 g/mol. The summed E-state index contributed by atoms with van der Waals surface area (Å²) in [6.07, 6.45) is 4.11. The molecule has 0 saturated heterocycles. The minimum Gasteiger partial charge on any atom is -0.385 e. The van der Waals surface area contributed by atoms with Crippen LogP contribution < -0.4 is 5.32 Å². The molecule has 0 bridgehead atoms. The number of aromatic nitrogens is 2. The molecule has 5 heteroatoms. The van der Waals surface area contributed by atoms with Crippen LogP contribution in [0.15, 0.2) is 42.7 Å². The molecule has 104 valence electrons. The molecular weight excluding hydrogens is 254 g/mol. The molecule has 2 rings (SSSR count). The third-order valence-electron chi connectivity index (χ3n) is 2.76. The molecule has 0 radical (unpaired) electrons. The molecular formula is C15H17N3O2. The van der Waals surface area contributed by atoms with Crippen LogP contribution in [-0.4, -0.2) is 36.1 Å². The number of ether oxygens (including phenoxy) is 1. The Kier molecular flexibility index (Phi) is 5.20. The van der Waals surface area contributed by atoms with E-state index in [-0.39, 0.29) is 5.91 Å². The summed E-state index contributed by atoms with van der Waals surface area (Å²) < 4.78 is 4.94. The van der Waals surface area contributed by atoms with Gasteiger partial charge in [-0.25, -0.2) is 0 Å². The van der Waals surface area contributed by atoms with E-state index >= 15 is 0 Å². The van der Waals surface area contributed by atoms with Gasteiger partial charge < -0.3 is 10.1 Å². The van der Waals surface area contributed by atoms with Gasteiger partial charge in [-0.15, -0.1) is 0 Å². The van der Waals surface area contributed by atoms with E-state index in [4.69, 9.17) is 4.74 Å². The van der Waals surface area contributed by atoms with Crippen LogP contribution in [0.4, 0.5) is 0 Å². The second-order valence-electron chi connectivity index (χ2n) is 4.25. The van der Waals surface area contributed by atoms with Crippen LogP contribution in [0, 0.1) is 0 Å². The maximum Gasteiger partial charge on any atom is 0.251 e. The molecule has 0 fully saturated rings. The van der Waals surface area contributed by atoms with Crippen molar-refractivity contribution in [3.8, 4) is 11.4 Å². The van der Waals surface area contributed by atoms with Crippen molar-refractivity contribution >= 4 is 5.91 Å². The van der Waals surface area contributed by atoms with Gasteiger partial charge in [-0.05, 0) is 30.7 Å². The first kappa shape index (κ1) is 14.1. The minimum absolute atomic E-state index is 0.110. The van der Waals surface area contributed by atoms with Crippen LogP contribution in [0.5, 0.6) is 0 Å². The molecule has 0 unspecified atom stereocenters. The number of hydrogen-bond acceptors (Lipinski definition) is 4. The number of carbonyl (C=O) groups excluding carboxylic acids is 1. The van der Waals surface area contributed by atoms with Gasteiger partial charge in [-0.1, -0.05) is 6.07 Å². The van der Waals surface area contributed by atoms with Crippen molar-refractivity contribution in [1.82, 2.24) is 15.3 Å². The van der Waals surface area contributed by atoms with Crippen molar-refractivity contribution in [3.63, 3.8) is 0 Å². The van der Waals surface area contributed by atoms with E-state index < -0.39 is 0 Å². The number of rotatable bonds is 6. The highest BCUT2D eigenvalue weighted by Gasteiger charge is 2.07. The van der Waals surface area contributed by atoms with E-state index in [2.05, 4.69) is 15.3 Å². The van der Waals surface area contributed by atoms with Gasteiger partial charge in [-0.2, -0.15) is 0 Å². The zero-order valence-corrected chi connectivity index (χ0v) is 11.4. The molecule has 1 amide bonds. The Bertz CT molecular complexity index is 558. The Labute approximate surface area is 118 Å². The third-order valence-corrected chi connectivity index (χ3v) is 2.76. The Hall–Kier alpha value is -2.27. The fraction of sp³-hybridized carbons (Fsp3) is 0.267. The molecule has 2 heterocycles. The Morgan fingerprint density at radius 2 is 2.05 bits per heavy atom. The second-order valence-corrected chi connectivity index (χ2v) is 4.25. The van der Waals surface area contributed by atoms with E-state index in [0.29, 0.717) is 24.4 Å². The highest BCUT2D eigenvalue weighted by Crippen LogP contribution is 2.14. The van der Waals surface area contributed by atoms with E-state index in [1.54, 1.807) is 31.6 Å². The summed E-state index contributed by atoms with van der Waals surface area (Å²) in [7, 11) is 1.64. The van der Waals surface area contributed by atoms with Gasteiger partial charge in [0.25, 0.3) is 5.91 Å². The molecule has 0 atom stereocenters. The van der Waals surface area contributed by atoms with Crippen molar-refractivity contribution in [3.05, 3.63) is 48.3 Å². The van der Waals surface area contributed by atoms with Gasteiger partial charge >= 0.3 is 0 Å². The third kappa shape index (κ3) is 3.86. The predicted molar refractivity (Wildman–Crippen MR) is 76.3 cm³/mol. The number of nitrogens with zero attached hydrogens (tertiary/aromatic N) is 2. The van der Waals surface area contributed by atoms with E-state index in [1.807, 2.05) is 18.2 Å². The lowest BCUT2D eigenvalue weighted by molar-refractivity contribution is 0.0948. The molecule has 0 aliphatic carbocycles. The van der Waals surface area contributed by atoms with E-state index in [0.717, 1.165) is 12.1 Å². The number of hydrogen-bond donors (Lipinski definition) is 1. The van der Waals surface area contributed by atoms with Crippen molar-refractivity contribution in [2.45, 2.75) is 6.42 Å². The van der Waals surface area contributed by atoms with E-state index in [9.17, 15) is 4.79 Å². The van der Waals surface area contributed by atoms with Crippen LogP contribution in [-0.2, 0) is 4.74 Å². The SMILES string of the molecule is COCCCNC(=O)c1ccnc(-c2ccccn2)c1. The lowest BCUT2D eigenvalue weighted by atomic mass is 10.1. The largest absolute Gasteiger partial charge is 0.385 e. The van der Waals surface area contributed by atoms with Crippen molar-refractivity contribution < 1.29 is 9.53 Å². The molecule has 0 aromatic carbocycles. The fourth-order valence-corrected chi connectivity index (χ4v) is 1.75. The molecule has 20 heavy (non-hydrogen) atoms. The summed E-state index contributed by atoms with van der Waals surface area (Å²) >= 11 is 0. The molecule has 5 nitrogen and oxygen atoms in total. The lowest BCUT2D eigenvalue weighted by Gasteiger charge is -2.06. The van der Waals surface area contributed by atoms with Crippen LogP contribution in [0.2, 0.25) is 0 Å². The smallest absolute Gasteiger partial charge is 0.251 e. The van der Waals surface area contributed by atoms with Gasteiger partial charge in [0.05, 0.1) is 11.4 Å². The van der Waals surface area contributed by atoms with Crippen molar-refractivity contribution in [2.75, 3.05) is 20.3 Å². The maximum absolute atomic E-state index is 12.0. The van der Waals surface area contributed by atoms with Gasteiger partial charge in [0, 0.05) is 38.2 Å². The molecule has 0 aliphatic heterocycles. The zero-order valence-electron chi connectivity index (χ0n) is 11.4. The normalized spacial score (nSPS) is 10.2. The second kappa shape index (κ2) is 7.35. The first-order valence-corrected chi connectivity index (χ1v) is 6.46. The summed E-state index contributed by atoms with van der Waals surface area (Å²) in [6.45, 7) is 1.23. The van der Waals surface area contributed by atoms with Gasteiger partial charge in [0.15, 0.2) is 0 Å². The molecule has 2 aromatic rings. The summed E-state index contributed by atoms with van der Waals surface area (Å²) in [5.74, 6) is -0.110. The topological polar surface area (TPSA) is 64.1 Å². The average Bonchev–Trinajstić information content (AvgIpc) is 2.52. The summed E-state index contributed by atoms with van der Waals surface area (Å²) in [5, 5.41) is 2.85. The summed E-state index contributed by atoms with van der Waals surface area (Å²) in [5.41, 5.74) is 2.02. The molecule has 2 aromatic heterocycles. The number of amides is 1. The van der Waals surface area contributed by atoms with Gasteiger partial charge in [0.1, 0.15) is 0 Å². The monoisotopic (exact) mass is 271 g/mol. The van der Waals surface area contributed by atoms with Crippen LogP contribution in [0.25, 0.3) is 11.4 Å². The number of pyridine rings is 2. The molecule has 0 aliphatic rings. The molecule has 1 N–H and O–H groups in total. The zero-order chi connectivity index (χ0) is 14.2. The predicted octanol–water partition coefficient (Wildman–Crippen LogP) is 1.91. The number of methoxy groups -OCH3 is 1. The van der Waals surface area contributed by atoms with E-state index in [1.165, 1.54) is 0 Å². The van der Waals surface area contributed by atoms with Crippen molar-refractivity contribution in [1.29, 1.82) is 0 Å². The standard InChI is InChI=1S/C15H17N3O2/c1-20-10-4-8-18-15(19)12-6-9-17-14(11-12)13-5-2-3-7-16-13/h2-3,5-7,9,11H,4,8,10H2,1H3,(H,18,19). The highest BCUT2D eigenvalue weighted by molar-refractivity contribution is 5.94. The highest BCUT2D eigenvalue weighted by atomic mass is 16.5. The Morgan fingerprint density at radius 1 is 1.20 bits per heavy atom. The molecule has 0 saturated carbocycles. The minimum atomic E-state index is -0.110. The first-order valence-electron chi connectivity index (χ1n) is 6.46. The quantitative estimate of drug-likeness (QED) is 0.815. The Balaban J connectivity index is 2.04. The fourth-order valence-electron chi connectivity index (χ4n) is 1.75. The summed E-state index contributed by atoms with van der Waals surface area (Å²) in [6, 6.07) is 9.03. The number of carbonyl (C=O) groups is 1. The van der Waals surface area contributed by atoms with Crippen molar-refractivity contribution in [2.24, 2.45) is 0 Å². The molecule has 0 spiro atoms. The maximum atomic E-state index is 12.0. The number of nitrogens with one attached hydrogen (secondary N) is 1. The van der Waals surface area contributed by atoms with Crippen LogP contribution in [0.3, 0.4) is 0 Å². The first-order chi connectivity index (χ1) is 9.81. The van der Waals surface area contributed by atoms with Crippen LogP contribution >= 0.6 is 0 Å². The lowest BCUT2D eigenvalue weighted by Crippen LogP contribution is -2.25. The van der Waals surface area contributed by atoms with Gasteiger partial charge in [-0.3, -0.25) is 14.8 Å². The van der Waals surface area contributed by atoms with Crippen LogP contribution in [0.1, 0.15) is 16.8 Å². The summed E-state index contributed by atoms with van der Waals surface area (Å²) in [4.78, 5) is 20.5. The Morgan fingerprint density at radius 3 is 2.80 bits per heavy atom. The van der Waals surface area contributed by atoms with Gasteiger partial charge in [0.2, 0.25) is 0 Å².